The minimum absolute atomic E-state index is 0.0897. The van der Waals surface area contributed by atoms with Crippen LogP contribution in [0.4, 0.5) is 0 Å². The van der Waals surface area contributed by atoms with Crippen LogP contribution in [-0.4, -0.2) is 29.0 Å². The number of nitrogens with zero attached hydrogens (tertiary/aromatic N) is 1. The first-order valence-corrected chi connectivity index (χ1v) is 6.66. The van der Waals surface area contributed by atoms with Gasteiger partial charge < -0.3 is 10.0 Å². The lowest BCUT2D eigenvalue weighted by Crippen LogP contribution is -2.39. The highest BCUT2D eigenvalue weighted by Gasteiger charge is 2.24. The summed E-state index contributed by atoms with van der Waals surface area (Å²) in [5, 5.41) is 10.4. The van der Waals surface area contributed by atoms with Gasteiger partial charge in [0.25, 0.3) is 5.91 Å². The van der Waals surface area contributed by atoms with Crippen molar-refractivity contribution >= 4 is 5.91 Å². The van der Waals surface area contributed by atoms with Crippen LogP contribution in [-0.2, 0) is 0 Å². The fourth-order valence-electron chi connectivity index (χ4n) is 2.11. The molecule has 20 heavy (non-hydrogen) atoms. The summed E-state index contributed by atoms with van der Waals surface area (Å²) in [4.78, 5) is 13.9. The zero-order valence-corrected chi connectivity index (χ0v) is 11.7. The smallest absolute Gasteiger partial charge is 0.253 e. The number of aliphatic hydroxyl groups is 1. The zero-order valence-electron chi connectivity index (χ0n) is 11.7. The van der Waals surface area contributed by atoms with Crippen LogP contribution in [0.15, 0.2) is 60.7 Å². The molecular formula is C17H19NO2. The zero-order chi connectivity index (χ0) is 14.5. The van der Waals surface area contributed by atoms with E-state index < -0.39 is 6.10 Å². The van der Waals surface area contributed by atoms with Crippen molar-refractivity contribution in [1.29, 1.82) is 0 Å². The average molecular weight is 269 g/mol. The van der Waals surface area contributed by atoms with Gasteiger partial charge in [-0.1, -0.05) is 48.5 Å². The summed E-state index contributed by atoms with van der Waals surface area (Å²) in [6.07, 6.45) is -0.700. The molecule has 0 unspecified atom stereocenters. The van der Waals surface area contributed by atoms with E-state index in [9.17, 15) is 9.90 Å². The molecule has 0 aliphatic heterocycles. The van der Waals surface area contributed by atoms with Gasteiger partial charge in [0.15, 0.2) is 0 Å². The Balaban J connectivity index is 2.13. The molecule has 0 bridgehead atoms. The Labute approximate surface area is 119 Å². The topological polar surface area (TPSA) is 40.5 Å². The third-order valence-corrected chi connectivity index (χ3v) is 3.55. The predicted molar refractivity (Wildman–Crippen MR) is 79.4 cm³/mol. The number of hydrogen-bond acceptors (Lipinski definition) is 2. The highest BCUT2D eigenvalue weighted by molar-refractivity contribution is 5.94. The Hall–Kier alpha value is -2.13. The number of rotatable bonds is 4. The van der Waals surface area contributed by atoms with Crippen LogP contribution in [0.3, 0.4) is 0 Å². The van der Waals surface area contributed by atoms with Gasteiger partial charge in [-0.25, -0.2) is 0 Å². The predicted octanol–water partition coefficient (Wildman–Crippen LogP) is 2.88. The van der Waals surface area contributed by atoms with Gasteiger partial charge in [0.05, 0.1) is 12.1 Å². The van der Waals surface area contributed by atoms with Crippen LogP contribution >= 0.6 is 0 Å². The molecule has 0 aliphatic carbocycles. The van der Waals surface area contributed by atoms with Gasteiger partial charge in [0.2, 0.25) is 0 Å². The van der Waals surface area contributed by atoms with Gasteiger partial charge in [0, 0.05) is 12.6 Å². The summed E-state index contributed by atoms with van der Waals surface area (Å²) in [6, 6.07) is 18.2. The van der Waals surface area contributed by atoms with Crippen molar-refractivity contribution in [3.05, 3.63) is 71.8 Å². The third-order valence-electron chi connectivity index (χ3n) is 3.55. The van der Waals surface area contributed by atoms with Crippen LogP contribution in [0.25, 0.3) is 0 Å². The Morgan fingerprint density at radius 2 is 1.50 bits per heavy atom. The first kappa shape index (κ1) is 14.3. The highest BCUT2D eigenvalue weighted by Crippen LogP contribution is 2.21. The fraction of sp³-hybridized carbons (Fsp3) is 0.235. The van der Waals surface area contributed by atoms with Crippen molar-refractivity contribution in [2.45, 2.75) is 19.1 Å². The molecule has 104 valence electrons. The summed E-state index contributed by atoms with van der Waals surface area (Å²) in [6.45, 7) is 1.85. The summed E-state index contributed by atoms with van der Waals surface area (Å²) < 4.78 is 0. The fourth-order valence-corrected chi connectivity index (χ4v) is 2.11. The van der Waals surface area contributed by atoms with E-state index in [0.717, 1.165) is 5.56 Å². The third kappa shape index (κ3) is 3.06. The highest BCUT2D eigenvalue weighted by atomic mass is 16.3. The molecule has 0 heterocycles. The second-order valence-corrected chi connectivity index (χ2v) is 4.88. The number of likely N-dealkylation sites (N-methyl/N-ethyl adjacent to an activating group) is 1. The average Bonchev–Trinajstić information content (AvgIpc) is 2.53. The normalized spacial score (nSPS) is 13.6. The van der Waals surface area contributed by atoms with E-state index in [0.29, 0.717) is 5.56 Å². The number of amides is 1. The van der Waals surface area contributed by atoms with Crippen LogP contribution in [0.5, 0.6) is 0 Å². The van der Waals surface area contributed by atoms with Crippen molar-refractivity contribution in [2.75, 3.05) is 7.05 Å². The first-order chi connectivity index (χ1) is 9.61. The molecule has 2 aromatic rings. The molecule has 0 aliphatic rings. The molecule has 2 aromatic carbocycles. The van der Waals surface area contributed by atoms with Crippen molar-refractivity contribution in [2.24, 2.45) is 0 Å². The van der Waals surface area contributed by atoms with Crippen molar-refractivity contribution in [1.82, 2.24) is 4.90 Å². The van der Waals surface area contributed by atoms with E-state index in [4.69, 9.17) is 0 Å². The van der Waals surface area contributed by atoms with E-state index >= 15 is 0 Å². The van der Waals surface area contributed by atoms with Crippen molar-refractivity contribution < 1.29 is 9.90 Å². The molecule has 3 nitrogen and oxygen atoms in total. The van der Waals surface area contributed by atoms with E-state index in [2.05, 4.69) is 0 Å². The number of carbonyl (C=O) groups is 1. The maximum atomic E-state index is 12.3. The molecule has 1 N–H and O–H groups in total. The summed E-state index contributed by atoms with van der Waals surface area (Å²) in [5.74, 6) is -0.0897. The lowest BCUT2D eigenvalue weighted by molar-refractivity contribution is 0.0487. The Bertz CT molecular complexity index is 554. The van der Waals surface area contributed by atoms with Gasteiger partial charge in [0.1, 0.15) is 0 Å². The molecule has 3 heteroatoms. The summed E-state index contributed by atoms with van der Waals surface area (Å²) >= 11 is 0. The molecule has 2 rings (SSSR count). The summed E-state index contributed by atoms with van der Waals surface area (Å²) in [7, 11) is 1.71. The lowest BCUT2D eigenvalue weighted by Gasteiger charge is -2.29. The van der Waals surface area contributed by atoms with Crippen molar-refractivity contribution in [3.8, 4) is 0 Å². The number of aliphatic hydroxyl groups excluding tert-OH is 1. The first-order valence-electron chi connectivity index (χ1n) is 6.66. The number of hydrogen-bond donors (Lipinski definition) is 1. The molecule has 2 atom stereocenters. The van der Waals surface area contributed by atoms with Gasteiger partial charge >= 0.3 is 0 Å². The Morgan fingerprint density at radius 1 is 1.00 bits per heavy atom. The molecular weight excluding hydrogens is 250 g/mol. The molecule has 1 amide bonds. The number of carbonyl (C=O) groups excluding carboxylic acids is 1. The molecule has 0 spiro atoms. The van der Waals surface area contributed by atoms with Crippen LogP contribution in [0, 0.1) is 0 Å². The van der Waals surface area contributed by atoms with Crippen molar-refractivity contribution in [3.63, 3.8) is 0 Å². The largest absolute Gasteiger partial charge is 0.386 e. The van der Waals surface area contributed by atoms with Crippen LogP contribution in [0.1, 0.15) is 28.9 Å². The van der Waals surface area contributed by atoms with E-state index in [1.165, 1.54) is 0 Å². The second-order valence-electron chi connectivity index (χ2n) is 4.88. The standard InChI is InChI=1S/C17H19NO2/c1-13(16(19)14-9-5-3-6-10-14)18(2)17(20)15-11-7-4-8-12-15/h3-13,16,19H,1-2H3/t13-,16+/m1/s1. The lowest BCUT2D eigenvalue weighted by atomic mass is 10.0. The molecule has 0 fully saturated rings. The Kier molecular flexibility index (Phi) is 4.53. The van der Waals surface area contributed by atoms with Gasteiger partial charge in [-0.05, 0) is 24.6 Å². The molecule has 0 saturated carbocycles. The molecule has 0 radical (unpaired) electrons. The van der Waals surface area contributed by atoms with E-state index in [1.807, 2.05) is 55.5 Å². The van der Waals surface area contributed by atoms with E-state index in [1.54, 1.807) is 24.1 Å². The molecule has 0 aromatic heterocycles. The van der Waals surface area contributed by atoms with Gasteiger partial charge in [-0.2, -0.15) is 0 Å². The maximum absolute atomic E-state index is 12.3. The summed E-state index contributed by atoms with van der Waals surface area (Å²) in [5.41, 5.74) is 1.44. The monoisotopic (exact) mass is 269 g/mol. The second kappa shape index (κ2) is 6.35. The number of benzene rings is 2. The van der Waals surface area contributed by atoms with E-state index in [-0.39, 0.29) is 11.9 Å². The van der Waals surface area contributed by atoms with Gasteiger partial charge in [-0.3, -0.25) is 4.79 Å². The maximum Gasteiger partial charge on any atom is 0.253 e. The minimum atomic E-state index is -0.700. The quantitative estimate of drug-likeness (QED) is 0.927. The Morgan fingerprint density at radius 3 is 2.05 bits per heavy atom. The van der Waals surface area contributed by atoms with Crippen LogP contribution < -0.4 is 0 Å². The van der Waals surface area contributed by atoms with Gasteiger partial charge in [-0.15, -0.1) is 0 Å². The van der Waals surface area contributed by atoms with Crippen LogP contribution in [0.2, 0.25) is 0 Å². The minimum Gasteiger partial charge on any atom is -0.386 e. The SMILES string of the molecule is C[C@H]([C@H](O)c1ccccc1)N(C)C(=O)c1ccccc1. The molecule has 0 saturated heterocycles.